The molecule has 1 spiro atoms. The molecule has 1 aromatic carbocycles. The third kappa shape index (κ3) is 4.90. The maximum Gasteiger partial charge on any atom is 0.344 e. The first-order valence-electron chi connectivity index (χ1n) is 20.6. The number of para-hydroxylation sites is 1. The van der Waals surface area contributed by atoms with Gasteiger partial charge in [0.1, 0.15) is 5.41 Å². The Hall–Kier alpha value is -4.23. The third-order valence-corrected chi connectivity index (χ3v) is 15.2. The second kappa shape index (κ2) is 13.4. The summed E-state index contributed by atoms with van der Waals surface area (Å²) in [6.07, 6.45) is 11.6. The number of aromatic nitrogens is 1. The number of aromatic amines is 1. The molecule has 7 aliphatic rings. The van der Waals surface area contributed by atoms with Crippen molar-refractivity contribution in [2.75, 3.05) is 54.6 Å². The number of carbonyl (C=O) groups is 3. The summed E-state index contributed by atoms with van der Waals surface area (Å²) in [5.41, 5.74) is 0.810. The zero-order valence-electron chi connectivity index (χ0n) is 34.2. The number of nitrogens with zero attached hydrogens (tertiary/aromatic N) is 3. The number of carbonyl (C=O) groups excluding carboxylic acids is 3. The molecule has 2 aliphatic carbocycles. The molecule has 57 heavy (non-hydrogen) atoms. The summed E-state index contributed by atoms with van der Waals surface area (Å²) in [5, 5.41) is 14.4. The highest BCUT2D eigenvalue weighted by molar-refractivity contribution is 5.91. The largest absolute Gasteiger partial charge is 0.468 e. The summed E-state index contributed by atoms with van der Waals surface area (Å²) in [7, 11) is 6.34. The van der Waals surface area contributed by atoms with Gasteiger partial charge in [-0.1, -0.05) is 61.9 Å². The van der Waals surface area contributed by atoms with Crippen molar-refractivity contribution in [1.29, 1.82) is 0 Å². The number of H-pyrrole nitrogens is 1. The molecular weight excluding hydrogens is 725 g/mol. The van der Waals surface area contributed by atoms with E-state index in [4.69, 9.17) is 18.9 Å². The lowest BCUT2D eigenvalue weighted by Gasteiger charge is -2.63. The van der Waals surface area contributed by atoms with Gasteiger partial charge in [-0.15, -0.1) is 0 Å². The van der Waals surface area contributed by atoms with E-state index in [2.05, 4.69) is 64.2 Å². The number of hydrogen-bond acceptors (Lipinski definition) is 11. The average molecular weight is 781 g/mol. The fraction of sp³-hybridized carbons (Fsp3) is 0.578. The van der Waals surface area contributed by atoms with Gasteiger partial charge in [-0.05, 0) is 61.4 Å². The Balaban J connectivity index is 1.33. The Morgan fingerprint density at radius 2 is 1.77 bits per heavy atom. The van der Waals surface area contributed by atoms with Crippen LogP contribution in [0.1, 0.15) is 57.7 Å². The highest BCUT2D eigenvalue weighted by atomic mass is 16.6. The van der Waals surface area contributed by atoms with Crippen molar-refractivity contribution in [2.24, 2.45) is 22.7 Å². The smallest absolute Gasteiger partial charge is 0.344 e. The van der Waals surface area contributed by atoms with Crippen molar-refractivity contribution < 1.29 is 38.4 Å². The summed E-state index contributed by atoms with van der Waals surface area (Å²) >= 11 is 0. The summed E-state index contributed by atoms with van der Waals surface area (Å²) in [5.74, 6) is -2.24. The molecule has 5 aliphatic heterocycles. The van der Waals surface area contributed by atoms with E-state index in [1.807, 2.05) is 31.0 Å². The second-order valence-electron chi connectivity index (χ2n) is 17.5. The molecule has 1 aromatic heterocycles. The van der Waals surface area contributed by atoms with Gasteiger partial charge in [-0.3, -0.25) is 19.4 Å². The number of allylic oxidation sites excluding steroid dienone is 1. The quantitative estimate of drug-likeness (QED) is 0.236. The lowest BCUT2D eigenvalue weighted by Crippen LogP contribution is -2.79. The second-order valence-corrected chi connectivity index (χ2v) is 17.5. The number of nitrogens with one attached hydrogen (secondary N) is 1. The molecule has 2 N–H and O–H groups in total. The van der Waals surface area contributed by atoms with Gasteiger partial charge in [0, 0.05) is 92.3 Å². The van der Waals surface area contributed by atoms with Gasteiger partial charge in [-0.2, -0.15) is 0 Å². The summed E-state index contributed by atoms with van der Waals surface area (Å²) < 4.78 is 24.1. The maximum atomic E-state index is 15.2. The van der Waals surface area contributed by atoms with E-state index in [0.29, 0.717) is 38.9 Å². The van der Waals surface area contributed by atoms with Crippen molar-refractivity contribution in [3.05, 3.63) is 82.7 Å². The minimum atomic E-state index is -2.26. The monoisotopic (exact) mass is 780 g/mol. The van der Waals surface area contributed by atoms with Crippen LogP contribution in [0.4, 0.5) is 0 Å². The Kier molecular flexibility index (Phi) is 9.01. The Labute approximate surface area is 334 Å². The molecule has 304 valence electrons. The molecule has 9 rings (SSSR count). The van der Waals surface area contributed by atoms with Crippen LogP contribution in [-0.4, -0.2) is 127 Å². The normalized spacial score (nSPS) is 39.1. The molecule has 1 saturated carbocycles. The number of likely N-dealkylation sites (tertiary alicyclic amines) is 1. The summed E-state index contributed by atoms with van der Waals surface area (Å²) in [6, 6.07) is 7.15. The molecule has 11 atom stereocenters. The molecule has 2 bridgehead atoms. The highest BCUT2D eigenvalue weighted by Gasteiger charge is 2.81. The van der Waals surface area contributed by atoms with E-state index < -0.39 is 58.0 Å². The minimum absolute atomic E-state index is 0.0626. The SMILES string of the molecule is CCC1=C[C@@H]2CN(C1)Cc1c([nH]c3ccccc13)[C@@](C(=O)OC)(C1C=C3C(=CC1OC)N(C)[C@H]1C(O)(C(=O)OC)[C@H](OC(C)=O)[C@]4(CC)C=CCN5CCC31[C@@H]54)C2. The van der Waals surface area contributed by atoms with Gasteiger partial charge in [0.2, 0.25) is 5.60 Å². The first kappa shape index (κ1) is 38.3. The van der Waals surface area contributed by atoms with Crippen molar-refractivity contribution >= 4 is 28.8 Å². The van der Waals surface area contributed by atoms with Crippen LogP contribution in [0.2, 0.25) is 0 Å². The number of rotatable bonds is 7. The van der Waals surface area contributed by atoms with Gasteiger partial charge >= 0.3 is 17.9 Å². The van der Waals surface area contributed by atoms with E-state index in [0.717, 1.165) is 52.9 Å². The number of ether oxygens (including phenoxy) is 4. The first-order valence-corrected chi connectivity index (χ1v) is 20.6. The zero-order chi connectivity index (χ0) is 40.2. The molecule has 2 aromatic rings. The van der Waals surface area contributed by atoms with Gasteiger partial charge in [0.05, 0.1) is 26.4 Å². The van der Waals surface area contributed by atoms with Crippen LogP contribution in [-0.2, 0) is 45.3 Å². The number of likely N-dealkylation sites (N-methyl/N-ethyl adjacent to an activating group) is 1. The predicted molar refractivity (Wildman–Crippen MR) is 213 cm³/mol. The van der Waals surface area contributed by atoms with Crippen LogP contribution < -0.4 is 0 Å². The lowest BCUT2D eigenvalue weighted by molar-refractivity contribution is -0.243. The number of fused-ring (bicyclic) bond motifs is 6. The van der Waals surface area contributed by atoms with Crippen LogP contribution in [0, 0.1) is 22.7 Å². The van der Waals surface area contributed by atoms with Crippen LogP contribution >= 0.6 is 0 Å². The molecule has 2 saturated heterocycles. The van der Waals surface area contributed by atoms with Crippen LogP contribution in [0.3, 0.4) is 0 Å². The molecule has 0 amide bonds. The number of methoxy groups -OCH3 is 3. The number of hydrogen-bond donors (Lipinski definition) is 2. The minimum Gasteiger partial charge on any atom is -0.468 e. The van der Waals surface area contributed by atoms with Gasteiger partial charge in [0.25, 0.3) is 0 Å². The molecule has 6 heterocycles. The molecule has 12 nitrogen and oxygen atoms in total. The maximum absolute atomic E-state index is 15.2. The topological polar surface area (TPSA) is 134 Å². The molecule has 5 unspecified atom stereocenters. The van der Waals surface area contributed by atoms with Crippen molar-refractivity contribution in [1.82, 2.24) is 19.7 Å². The van der Waals surface area contributed by atoms with Crippen LogP contribution in [0.15, 0.2) is 71.5 Å². The Morgan fingerprint density at radius 3 is 2.47 bits per heavy atom. The summed E-state index contributed by atoms with van der Waals surface area (Å²) in [4.78, 5) is 53.3. The van der Waals surface area contributed by atoms with Gasteiger partial charge < -0.3 is 33.9 Å². The van der Waals surface area contributed by atoms with Crippen molar-refractivity contribution in [2.45, 2.75) is 88.3 Å². The van der Waals surface area contributed by atoms with E-state index in [1.54, 1.807) is 7.11 Å². The number of benzene rings is 1. The third-order valence-electron chi connectivity index (χ3n) is 15.2. The molecular formula is C45H56N4O8. The van der Waals surface area contributed by atoms with Crippen LogP contribution in [0.5, 0.6) is 0 Å². The first-order chi connectivity index (χ1) is 27.4. The van der Waals surface area contributed by atoms with Gasteiger partial charge in [-0.25, -0.2) is 4.79 Å². The fourth-order valence-electron chi connectivity index (χ4n) is 13.3. The molecule has 12 heteroatoms. The van der Waals surface area contributed by atoms with Crippen molar-refractivity contribution in [3.63, 3.8) is 0 Å². The average Bonchev–Trinajstić information content (AvgIpc) is 3.87. The van der Waals surface area contributed by atoms with Gasteiger partial charge in [0.15, 0.2) is 6.10 Å². The van der Waals surface area contributed by atoms with Crippen molar-refractivity contribution in [3.8, 4) is 0 Å². The summed E-state index contributed by atoms with van der Waals surface area (Å²) in [6.45, 7) is 9.30. The Bertz CT molecular complexity index is 2160. The van der Waals surface area contributed by atoms with E-state index >= 15 is 4.79 Å². The zero-order valence-corrected chi connectivity index (χ0v) is 34.2. The highest BCUT2D eigenvalue weighted by Crippen LogP contribution is 2.70. The van der Waals surface area contributed by atoms with E-state index in [9.17, 15) is 14.7 Å². The number of esters is 3. The van der Waals surface area contributed by atoms with E-state index in [-0.39, 0.29) is 17.9 Å². The fourth-order valence-corrected chi connectivity index (χ4v) is 13.3. The molecule has 0 radical (unpaired) electrons. The molecule has 3 fully saturated rings. The number of aliphatic hydroxyl groups is 1. The van der Waals surface area contributed by atoms with E-state index in [1.165, 1.54) is 26.7 Å². The predicted octanol–water partition coefficient (Wildman–Crippen LogP) is 4.40. The van der Waals surface area contributed by atoms with Crippen LogP contribution in [0.25, 0.3) is 10.9 Å². The lowest BCUT2D eigenvalue weighted by atomic mass is 9.47. The standard InChI is InChI=1S/C45H56N4O8/c1-8-27-19-28-22-44(40(51)55-6,36-30(25-48(23-27)24-28)29-13-10-11-14-33(29)46-36)32-20-31-34(21-35(32)54-5)47(4)38-43(31)16-18-49-17-12-15-42(9-2,37(43)49)39(57-26(3)50)45(38,53)41(52)56-7/h10-15,19-21,28,32,35,37-39,46,53H,8-9,16-18,22-25H2,1-7H3/t28-,32?,35?,37-,38+,39+,42+,43?,44-,45?/m0/s1. The Morgan fingerprint density at radius 1 is 1.00 bits per heavy atom.